The van der Waals surface area contributed by atoms with Gasteiger partial charge in [-0.05, 0) is 6.92 Å². The summed E-state index contributed by atoms with van der Waals surface area (Å²) in [5, 5.41) is 31.2. The van der Waals surface area contributed by atoms with Crippen LogP contribution < -0.4 is 4.90 Å². The molecule has 32 heavy (non-hydrogen) atoms. The van der Waals surface area contributed by atoms with Crippen molar-refractivity contribution in [3.63, 3.8) is 0 Å². The van der Waals surface area contributed by atoms with E-state index in [0.717, 1.165) is 5.13 Å². The maximum Gasteiger partial charge on any atom is 0.353 e. The zero-order valence-corrected chi connectivity index (χ0v) is 19.6. The van der Waals surface area contributed by atoms with E-state index in [9.17, 15) is 24.6 Å². The van der Waals surface area contributed by atoms with Crippen LogP contribution in [-0.2, 0) is 9.59 Å². The monoisotopic (exact) mass is 482 g/mol. The van der Waals surface area contributed by atoms with E-state index in [4.69, 9.17) is 5.11 Å². The number of carboxylic acids is 1. The number of hydrogen-bond acceptors (Lipinski definition) is 9. The number of likely N-dealkylation sites (N-methyl/N-ethyl adjacent to an activating group) is 1. The SMILES string of the molecule is C[C@@H](O)[C@H]1C(=O)N2C(C(=O)O)=C(SC3CN(c4nc(C(=O)N(C)CCO)cs4)C3)[C@H](C)[C@H]12. The molecule has 4 heterocycles. The maximum atomic E-state index is 12.4. The van der Waals surface area contributed by atoms with Crippen LogP contribution in [0.15, 0.2) is 16.0 Å². The number of anilines is 1. The third kappa shape index (κ3) is 3.68. The summed E-state index contributed by atoms with van der Waals surface area (Å²) in [6.45, 7) is 4.91. The summed E-state index contributed by atoms with van der Waals surface area (Å²) in [4.78, 5) is 46.5. The van der Waals surface area contributed by atoms with E-state index < -0.39 is 18.0 Å². The summed E-state index contributed by atoms with van der Waals surface area (Å²) in [5.74, 6) is -2.41. The Kier molecular flexibility index (Phi) is 6.23. The lowest BCUT2D eigenvalue weighted by Crippen LogP contribution is -2.63. The summed E-state index contributed by atoms with van der Waals surface area (Å²) in [6, 6.07) is -0.310. The molecule has 1 aromatic heterocycles. The van der Waals surface area contributed by atoms with Gasteiger partial charge in [0.2, 0.25) is 5.91 Å². The molecular weight excluding hydrogens is 456 g/mol. The second kappa shape index (κ2) is 8.65. The number of fused-ring (bicyclic) bond motifs is 1. The number of aliphatic carboxylic acids is 1. The van der Waals surface area contributed by atoms with E-state index in [1.165, 1.54) is 32.9 Å². The normalized spacial score (nSPS) is 26.0. The van der Waals surface area contributed by atoms with Gasteiger partial charge in [0.25, 0.3) is 5.91 Å². The number of thioether (sulfide) groups is 1. The van der Waals surface area contributed by atoms with Crippen molar-refractivity contribution in [2.45, 2.75) is 31.2 Å². The molecule has 0 bridgehead atoms. The van der Waals surface area contributed by atoms with Crippen LogP contribution >= 0.6 is 23.1 Å². The fourth-order valence-corrected chi connectivity index (χ4v) is 6.82. The van der Waals surface area contributed by atoms with Crippen LogP contribution in [0.25, 0.3) is 0 Å². The van der Waals surface area contributed by atoms with Crippen LogP contribution in [0, 0.1) is 11.8 Å². The number of carbonyl (C=O) groups is 3. The molecule has 12 heteroatoms. The fourth-order valence-electron chi connectivity index (χ4n) is 4.48. The molecule has 0 aromatic carbocycles. The van der Waals surface area contributed by atoms with Crippen molar-refractivity contribution >= 4 is 46.0 Å². The van der Waals surface area contributed by atoms with E-state index >= 15 is 0 Å². The van der Waals surface area contributed by atoms with Crippen molar-refractivity contribution < 1.29 is 29.7 Å². The van der Waals surface area contributed by atoms with Gasteiger partial charge in [0.15, 0.2) is 5.13 Å². The number of thiazole rings is 1. The highest BCUT2D eigenvalue weighted by atomic mass is 32.2. The smallest absolute Gasteiger partial charge is 0.353 e. The molecule has 3 aliphatic rings. The Labute approximate surface area is 193 Å². The number of rotatable bonds is 8. The highest BCUT2D eigenvalue weighted by Crippen LogP contribution is 2.52. The van der Waals surface area contributed by atoms with Gasteiger partial charge in [0.05, 0.1) is 24.7 Å². The molecule has 1 aromatic rings. The van der Waals surface area contributed by atoms with Crippen molar-refractivity contribution in [3.05, 3.63) is 21.7 Å². The number of hydrogen-bond donors (Lipinski definition) is 3. The third-order valence-corrected chi connectivity index (χ3v) is 8.57. The van der Waals surface area contributed by atoms with Crippen molar-refractivity contribution in [1.82, 2.24) is 14.8 Å². The summed E-state index contributed by atoms with van der Waals surface area (Å²) < 4.78 is 0. The number of amides is 2. The van der Waals surface area contributed by atoms with Crippen molar-refractivity contribution in [1.29, 1.82) is 0 Å². The third-order valence-electron chi connectivity index (χ3n) is 6.22. The Balaban J connectivity index is 1.41. The van der Waals surface area contributed by atoms with E-state index in [2.05, 4.69) is 4.98 Å². The molecule has 0 radical (unpaired) electrons. The molecule has 10 nitrogen and oxygen atoms in total. The van der Waals surface area contributed by atoms with Crippen LogP contribution in [0.2, 0.25) is 0 Å². The average Bonchev–Trinajstić information content (AvgIpc) is 3.25. The summed E-state index contributed by atoms with van der Waals surface area (Å²) >= 11 is 2.85. The average molecular weight is 483 g/mol. The maximum absolute atomic E-state index is 12.4. The van der Waals surface area contributed by atoms with Crippen molar-refractivity contribution in [2.24, 2.45) is 11.8 Å². The molecule has 4 rings (SSSR count). The number of nitrogens with zero attached hydrogens (tertiary/aromatic N) is 4. The first-order chi connectivity index (χ1) is 15.1. The van der Waals surface area contributed by atoms with E-state index in [1.54, 1.807) is 19.4 Å². The molecule has 0 spiro atoms. The van der Waals surface area contributed by atoms with Gasteiger partial charge in [-0.2, -0.15) is 0 Å². The van der Waals surface area contributed by atoms with Gasteiger partial charge in [-0.3, -0.25) is 9.59 Å². The molecular formula is C20H26N4O6S2. The van der Waals surface area contributed by atoms with Crippen LogP contribution in [0.5, 0.6) is 0 Å². The van der Waals surface area contributed by atoms with Crippen molar-refractivity contribution in [2.75, 3.05) is 38.2 Å². The molecule has 2 saturated heterocycles. The first kappa shape index (κ1) is 23.0. The van der Waals surface area contributed by atoms with Gasteiger partial charge >= 0.3 is 5.97 Å². The molecule has 0 saturated carbocycles. The topological polar surface area (TPSA) is 135 Å². The first-order valence-electron chi connectivity index (χ1n) is 10.4. The Bertz CT molecular complexity index is 973. The predicted octanol–water partition coefficient (Wildman–Crippen LogP) is 0.283. The Morgan fingerprint density at radius 2 is 2.09 bits per heavy atom. The second-order valence-corrected chi connectivity index (χ2v) is 10.6. The number of aromatic nitrogens is 1. The Morgan fingerprint density at radius 3 is 2.69 bits per heavy atom. The summed E-state index contributed by atoms with van der Waals surface area (Å²) in [5.41, 5.74) is 0.381. The minimum atomic E-state index is -1.12. The molecule has 3 N–H and O–H groups in total. The van der Waals surface area contributed by atoms with Gasteiger partial charge in [-0.1, -0.05) is 6.92 Å². The molecule has 0 unspecified atom stereocenters. The summed E-state index contributed by atoms with van der Waals surface area (Å²) in [7, 11) is 1.61. The Hall–Kier alpha value is -2.15. The number of carboxylic acid groups (broad SMARTS) is 1. The quantitative estimate of drug-likeness (QED) is 0.447. The standard InChI is InChI=1S/C20H26N4O6S2/c1-9-14-13(10(2)26)18(28)24(14)15(19(29)30)16(9)32-11-6-23(7-11)20-21-12(8-31-20)17(27)22(3)4-5-25/h8-11,13-14,25-26H,4-7H2,1-3H3,(H,29,30)/t9-,10-,13-,14-/m1/s1. The van der Waals surface area contributed by atoms with Gasteiger partial charge in [-0.15, -0.1) is 23.1 Å². The van der Waals surface area contributed by atoms with Crippen LogP contribution in [-0.4, -0.2) is 98.6 Å². The van der Waals surface area contributed by atoms with E-state index in [1.807, 2.05) is 11.8 Å². The lowest BCUT2D eigenvalue weighted by molar-refractivity contribution is -0.163. The number of β-lactam (4-membered cyclic amide) rings is 1. The number of aliphatic hydroxyl groups excluding tert-OH is 2. The Morgan fingerprint density at radius 1 is 1.41 bits per heavy atom. The van der Waals surface area contributed by atoms with Gasteiger partial charge < -0.3 is 30.0 Å². The molecule has 0 aliphatic carbocycles. The highest BCUT2D eigenvalue weighted by Gasteiger charge is 2.60. The van der Waals surface area contributed by atoms with Gasteiger partial charge in [0, 0.05) is 48.1 Å². The minimum absolute atomic E-state index is 0.0434. The molecule has 4 atom stereocenters. The van der Waals surface area contributed by atoms with Gasteiger partial charge in [-0.25, -0.2) is 9.78 Å². The molecule has 174 valence electrons. The van der Waals surface area contributed by atoms with E-state index in [0.29, 0.717) is 23.7 Å². The highest BCUT2D eigenvalue weighted by molar-refractivity contribution is 8.03. The zero-order valence-electron chi connectivity index (χ0n) is 18.0. The van der Waals surface area contributed by atoms with Crippen LogP contribution in [0.4, 0.5) is 5.13 Å². The minimum Gasteiger partial charge on any atom is -0.477 e. The molecule has 2 amide bonds. The second-order valence-electron chi connectivity index (χ2n) is 8.38. The van der Waals surface area contributed by atoms with Crippen LogP contribution in [0.1, 0.15) is 24.3 Å². The largest absolute Gasteiger partial charge is 0.477 e. The van der Waals surface area contributed by atoms with Crippen molar-refractivity contribution in [3.8, 4) is 0 Å². The van der Waals surface area contributed by atoms with E-state index in [-0.39, 0.29) is 47.9 Å². The number of aliphatic hydroxyl groups is 2. The first-order valence-corrected chi connectivity index (χ1v) is 12.1. The predicted molar refractivity (Wildman–Crippen MR) is 119 cm³/mol. The molecule has 3 aliphatic heterocycles. The van der Waals surface area contributed by atoms with Crippen LogP contribution in [0.3, 0.4) is 0 Å². The lowest BCUT2D eigenvalue weighted by Gasteiger charge is -2.46. The summed E-state index contributed by atoms with van der Waals surface area (Å²) in [6.07, 6.45) is -0.817. The molecule has 2 fully saturated rings. The zero-order chi connectivity index (χ0) is 23.3. The lowest BCUT2D eigenvalue weighted by atomic mass is 9.79. The van der Waals surface area contributed by atoms with Gasteiger partial charge in [0.1, 0.15) is 11.4 Å². The number of carbonyl (C=O) groups excluding carboxylic acids is 2. The fraction of sp³-hybridized carbons (Fsp3) is 0.600.